The van der Waals surface area contributed by atoms with E-state index >= 15 is 0 Å². The third-order valence-electron chi connectivity index (χ3n) is 2.16. The second kappa shape index (κ2) is 4.10. The van der Waals surface area contributed by atoms with Crippen molar-refractivity contribution in [1.82, 2.24) is 0 Å². The van der Waals surface area contributed by atoms with Crippen LogP contribution in [0.1, 0.15) is 19.3 Å². The van der Waals surface area contributed by atoms with Crippen LogP contribution in [0.4, 0.5) is 0 Å². The highest BCUT2D eigenvalue weighted by molar-refractivity contribution is 5.93. The summed E-state index contributed by atoms with van der Waals surface area (Å²) in [6.45, 7) is 3.62. The van der Waals surface area contributed by atoms with Gasteiger partial charge in [0.2, 0.25) is 0 Å². The van der Waals surface area contributed by atoms with E-state index in [0.29, 0.717) is 0 Å². The minimum Gasteiger partial charge on any atom is -0.501 e. The molecule has 0 aromatic carbocycles. The van der Waals surface area contributed by atoms with Gasteiger partial charge >= 0.3 is 0 Å². The maximum atomic E-state index is 11.3. The Morgan fingerprint density at radius 2 is 2.58 bits per heavy atom. The van der Waals surface area contributed by atoms with Crippen LogP contribution in [0.3, 0.4) is 0 Å². The number of methoxy groups -OCH3 is 1. The molecule has 0 saturated heterocycles. The maximum absolute atomic E-state index is 11.3. The quantitative estimate of drug-likeness (QED) is 0.600. The number of hydrogen-bond acceptors (Lipinski definition) is 2. The first kappa shape index (κ1) is 9.04. The summed E-state index contributed by atoms with van der Waals surface area (Å²) in [5, 5.41) is 0. The molecule has 66 valence electrons. The average molecular weight is 166 g/mol. The fraction of sp³-hybridized carbons (Fsp3) is 0.500. The lowest BCUT2D eigenvalue weighted by Gasteiger charge is -2.18. The molecular weight excluding hydrogens is 152 g/mol. The van der Waals surface area contributed by atoms with E-state index in [-0.39, 0.29) is 11.7 Å². The highest BCUT2D eigenvalue weighted by Crippen LogP contribution is 2.23. The van der Waals surface area contributed by atoms with Gasteiger partial charge < -0.3 is 4.74 Å². The van der Waals surface area contributed by atoms with Crippen molar-refractivity contribution in [1.29, 1.82) is 0 Å². The number of carbonyl (C=O) groups excluding carboxylic acids is 1. The fourth-order valence-electron chi connectivity index (χ4n) is 1.40. The van der Waals surface area contributed by atoms with Crippen molar-refractivity contribution in [2.45, 2.75) is 19.3 Å². The van der Waals surface area contributed by atoms with E-state index in [1.54, 1.807) is 19.3 Å². The molecule has 0 saturated carbocycles. The Morgan fingerprint density at radius 1 is 1.83 bits per heavy atom. The first-order valence-corrected chi connectivity index (χ1v) is 4.17. The van der Waals surface area contributed by atoms with Crippen LogP contribution in [0.25, 0.3) is 0 Å². The van der Waals surface area contributed by atoms with Crippen LogP contribution >= 0.6 is 0 Å². The highest BCUT2D eigenvalue weighted by Gasteiger charge is 2.21. The van der Waals surface area contributed by atoms with E-state index in [0.717, 1.165) is 25.0 Å². The molecule has 0 bridgehead atoms. The van der Waals surface area contributed by atoms with Gasteiger partial charge in [0.25, 0.3) is 0 Å². The first-order chi connectivity index (χ1) is 5.77. The first-order valence-electron chi connectivity index (χ1n) is 4.17. The molecule has 0 aliphatic heterocycles. The second-order valence-electron chi connectivity index (χ2n) is 2.98. The van der Waals surface area contributed by atoms with E-state index in [9.17, 15) is 4.79 Å². The predicted octanol–water partition coefficient (Wildman–Crippen LogP) is 2.07. The maximum Gasteiger partial charge on any atom is 0.162 e. The number of allylic oxidation sites excluding steroid dienone is 3. The molecule has 0 amide bonds. The summed E-state index contributed by atoms with van der Waals surface area (Å²) < 4.78 is 5.00. The molecule has 2 heteroatoms. The highest BCUT2D eigenvalue weighted by atomic mass is 16.5. The predicted molar refractivity (Wildman–Crippen MR) is 47.6 cm³/mol. The Hall–Kier alpha value is -1.05. The van der Waals surface area contributed by atoms with E-state index in [1.165, 1.54) is 0 Å². The Labute approximate surface area is 72.9 Å². The minimum atomic E-state index is 0.140. The number of ketones is 1. The molecule has 0 spiro atoms. The lowest BCUT2D eigenvalue weighted by molar-refractivity contribution is -0.119. The number of rotatable bonds is 3. The number of hydrogen-bond donors (Lipinski definition) is 0. The standard InChI is InChI=1S/C10H14O2/c1-3-4-8-5-6-9(12-2)7-10(8)11/h3,7-8H,1,4-6H2,2H3. The van der Waals surface area contributed by atoms with Gasteiger partial charge in [-0.15, -0.1) is 6.58 Å². The molecule has 1 aliphatic carbocycles. The molecule has 1 aliphatic rings. The Bertz CT molecular complexity index is 216. The summed E-state index contributed by atoms with van der Waals surface area (Å²) in [5.41, 5.74) is 0. The van der Waals surface area contributed by atoms with E-state index in [4.69, 9.17) is 4.74 Å². The van der Waals surface area contributed by atoms with Crippen LogP contribution in [-0.4, -0.2) is 12.9 Å². The van der Waals surface area contributed by atoms with Crippen LogP contribution in [0, 0.1) is 5.92 Å². The molecule has 2 nitrogen and oxygen atoms in total. The Morgan fingerprint density at radius 3 is 3.08 bits per heavy atom. The SMILES string of the molecule is C=CCC1CCC(OC)=CC1=O. The van der Waals surface area contributed by atoms with E-state index < -0.39 is 0 Å². The van der Waals surface area contributed by atoms with Crippen molar-refractivity contribution in [2.75, 3.05) is 7.11 Å². The molecule has 0 heterocycles. The van der Waals surface area contributed by atoms with Crippen LogP contribution in [0.5, 0.6) is 0 Å². The normalized spacial score (nSPS) is 23.2. The van der Waals surface area contributed by atoms with Gasteiger partial charge in [-0.1, -0.05) is 6.08 Å². The zero-order valence-electron chi connectivity index (χ0n) is 7.38. The average Bonchev–Trinajstić information content (AvgIpc) is 2.09. The van der Waals surface area contributed by atoms with Gasteiger partial charge in [-0.25, -0.2) is 0 Å². The van der Waals surface area contributed by atoms with Crippen LogP contribution in [-0.2, 0) is 9.53 Å². The van der Waals surface area contributed by atoms with Crippen molar-refractivity contribution in [3.05, 3.63) is 24.5 Å². The topological polar surface area (TPSA) is 26.3 Å². The van der Waals surface area contributed by atoms with Crippen molar-refractivity contribution in [3.8, 4) is 0 Å². The van der Waals surface area contributed by atoms with E-state index in [2.05, 4.69) is 6.58 Å². The third kappa shape index (κ3) is 1.97. The third-order valence-corrected chi connectivity index (χ3v) is 2.16. The van der Waals surface area contributed by atoms with Gasteiger partial charge in [0.05, 0.1) is 12.9 Å². The molecule has 1 unspecified atom stereocenters. The monoisotopic (exact) mass is 166 g/mol. The van der Waals surface area contributed by atoms with Gasteiger partial charge in [0, 0.05) is 18.4 Å². The number of ether oxygens (including phenoxy) is 1. The van der Waals surface area contributed by atoms with Gasteiger partial charge in [0.15, 0.2) is 5.78 Å². The smallest absolute Gasteiger partial charge is 0.162 e. The lowest BCUT2D eigenvalue weighted by atomic mass is 9.89. The van der Waals surface area contributed by atoms with Crippen molar-refractivity contribution in [2.24, 2.45) is 5.92 Å². The second-order valence-corrected chi connectivity index (χ2v) is 2.98. The van der Waals surface area contributed by atoms with Gasteiger partial charge in [-0.2, -0.15) is 0 Å². The molecule has 0 aromatic heterocycles. The lowest BCUT2D eigenvalue weighted by Crippen LogP contribution is -2.17. The molecule has 1 rings (SSSR count). The summed E-state index contributed by atoms with van der Waals surface area (Å²) in [7, 11) is 1.60. The zero-order chi connectivity index (χ0) is 8.97. The van der Waals surface area contributed by atoms with Crippen molar-refractivity contribution < 1.29 is 9.53 Å². The molecule has 1 atom stereocenters. The molecule has 0 N–H and O–H groups in total. The number of carbonyl (C=O) groups is 1. The van der Waals surface area contributed by atoms with Crippen molar-refractivity contribution >= 4 is 5.78 Å². The van der Waals surface area contributed by atoms with Crippen LogP contribution in [0.15, 0.2) is 24.5 Å². The molecular formula is C10H14O2. The van der Waals surface area contributed by atoms with Gasteiger partial charge in [-0.3, -0.25) is 4.79 Å². The minimum absolute atomic E-state index is 0.140. The largest absolute Gasteiger partial charge is 0.501 e. The van der Waals surface area contributed by atoms with Crippen LogP contribution < -0.4 is 0 Å². The summed E-state index contributed by atoms with van der Waals surface area (Å²) in [6.07, 6.45) is 5.96. The summed E-state index contributed by atoms with van der Waals surface area (Å²) in [4.78, 5) is 11.3. The van der Waals surface area contributed by atoms with Crippen molar-refractivity contribution in [3.63, 3.8) is 0 Å². The summed E-state index contributed by atoms with van der Waals surface area (Å²) in [6, 6.07) is 0. The Balaban J connectivity index is 2.60. The summed E-state index contributed by atoms with van der Waals surface area (Å²) in [5.74, 6) is 1.12. The van der Waals surface area contributed by atoms with Gasteiger partial charge in [0.1, 0.15) is 0 Å². The zero-order valence-corrected chi connectivity index (χ0v) is 7.38. The fourth-order valence-corrected chi connectivity index (χ4v) is 1.40. The van der Waals surface area contributed by atoms with E-state index in [1.807, 2.05) is 0 Å². The van der Waals surface area contributed by atoms with Gasteiger partial charge in [-0.05, 0) is 12.8 Å². The van der Waals surface area contributed by atoms with Crippen LogP contribution in [0.2, 0.25) is 0 Å². The molecule has 0 radical (unpaired) electrons. The molecule has 12 heavy (non-hydrogen) atoms. The Kier molecular flexibility index (Phi) is 3.09. The molecule has 0 aromatic rings. The molecule has 0 fully saturated rings. The summed E-state index contributed by atoms with van der Waals surface area (Å²) >= 11 is 0.